The molecule has 1 aromatic heterocycles. The van der Waals surface area contributed by atoms with E-state index < -0.39 is 24.0 Å². The minimum Gasteiger partial charge on any atom is -0.370 e. The van der Waals surface area contributed by atoms with Crippen LogP contribution in [0.4, 0.5) is 0 Å². The number of aldehydes is 1. The van der Waals surface area contributed by atoms with Crippen molar-refractivity contribution in [2.24, 2.45) is 22.4 Å². The molecule has 1 aromatic rings. The average molecular weight is 533 g/mol. The van der Waals surface area contributed by atoms with Gasteiger partial charge < -0.3 is 31.8 Å². The van der Waals surface area contributed by atoms with Gasteiger partial charge in [-0.15, -0.1) is 10.2 Å². The van der Waals surface area contributed by atoms with E-state index in [9.17, 15) is 19.2 Å². The highest BCUT2D eigenvalue weighted by molar-refractivity contribution is 5.93. The number of aliphatic imine (C=N–C) groups is 1. The van der Waals surface area contributed by atoms with E-state index in [4.69, 9.17) is 11.5 Å². The van der Waals surface area contributed by atoms with Crippen LogP contribution in [0, 0.1) is 5.92 Å². The van der Waals surface area contributed by atoms with Gasteiger partial charge in [-0.25, -0.2) is 0 Å². The van der Waals surface area contributed by atoms with Crippen LogP contribution < -0.4 is 22.1 Å². The zero-order chi connectivity index (χ0) is 27.3. The van der Waals surface area contributed by atoms with Crippen LogP contribution in [0.5, 0.6) is 0 Å². The molecule has 1 aliphatic carbocycles. The lowest BCUT2D eigenvalue weighted by Crippen LogP contribution is -2.55. The van der Waals surface area contributed by atoms with Crippen molar-refractivity contribution in [3.63, 3.8) is 0 Å². The van der Waals surface area contributed by atoms with Gasteiger partial charge in [-0.2, -0.15) is 5.21 Å². The van der Waals surface area contributed by atoms with Gasteiger partial charge in [0.25, 0.3) is 0 Å². The van der Waals surface area contributed by atoms with Crippen LogP contribution in [-0.4, -0.2) is 86.7 Å². The fraction of sp³-hybridized carbons (Fsp3) is 0.750. The zero-order valence-electron chi connectivity index (χ0n) is 21.8. The summed E-state index contributed by atoms with van der Waals surface area (Å²) in [5, 5.41) is 19.3. The van der Waals surface area contributed by atoms with Gasteiger partial charge in [0.2, 0.25) is 17.7 Å². The van der Waals surface area contributed by atoms with E-state index in [1.54, 1.807) is 0 Å². The van der Waals surface area contributed by atoms with Gasteiger partial charge in [-0.05, 0) is 38.0 Å². The van der Waals surface area contributed by atoms with Gasteiger partial charge in [-0.1, -0.05) is 37.3 Å². The van der Waals surface area contributed by atoms with Crippen LogP contribution in [0.1, 0.15) is 76.5 Å². The molecule has 14 heteroatoms. The molecule has 1 saturated heterocycles. The fourth-order valence-corrected chi connectivity index (χ4v) is 5.20. The summed E-state index contributed by atoms with van der Waals surface area (Å²) < 4.78 is 0. The molecule has 38 heavy (non-hydrogen) atoms. The number of nitrogens with two attached hydrogens (primary N) is 2. The van der Waals surface area contributed by atoms with Gasteiger partial charge >= 0.3 is 0 Å². The molecule has 210 valence electrons. The van der Waals surface area contributed by atoms with E-state index in [-0.39, 0.29) is 30.0 Å². The van der Waals surface area contributed by atoms with Gasteiger partial charge in [0, 0.05) is 25.9 Å². The van der Waals surface area contributed by atoms with Gasteiger partial charge in [0.15, 0.2) is 11.8 Å². The van der Waals surface area contributed by atoms with Crippen LogP contribution >= 0.6 is 0 Å². The first kappa shape index (κ1) is 29.0. The number of nitrogens with one attached hydrogen (secondary N) is 3. The number of hydrogen-bond donors (Lipinski definition) is 5. The molecule has 3 rings (SSSR count). The lowest BCUT2D eigenvalue weighted by atomic mass is 9.86. The summed E-state index contributed by atoms with van der Waals surface area (Å²) in [5.41, 5.74) is 10.6. The third-order valence-electron chi connectivity index (χ3n) is 7.21. The Kier molecular flexibility index (Phi) is 11.4. The summed E-state index contributed by atoms with van der Waals surface area (Å²) in [7, 11) is 0. The van der Waals surface area contributed by atoms with Gasteiger partial charge in [-0.3, -0.25) is 19.4 Å². The number of nitrogens with zero attached hydrogens (tertiary/aromatic N) is 5. The van der Waals surface area contributed by atoms with Crippen LogP contribution in [0.25, 0.3) is 0 Å². The van der Waals surface area contributed by atoms with Crippen LogP contribution in [0.15, 0.2) is 4.99 Å². The lowest BCUT2D eigenvalue weighted by Gasteiger charge is -2.29. The third-order valence-corrected chi connectivity index (χ3v) is 7.21. The van der Waals surface area contributed by atoms with E-state index >= 15 is 0 Å². The number of tetrazole rings is 1. The number of aromatic nitrogens is 4. The Balaban J connectivity index is 1.60. The summed E-state index contributed by atoms with van der Waals surface area (Å²) >= 11 is 0. The van der Waals surface area contributed by atoms with Crippen molar-refractivity contribution < 1.29 is 19.2 Å². The maximum atomic E-state index is 13.6. The van der Waals surface area contributed by atoms with Crippen molar-refractivity contribution in [1.29, 1.82) is 0 Å². The molecule has 14 nitrogen and oxygen atoms in total. The van der Waals surface area contributed by atoms with Crippen LogP contribution in [0.2, 0.25) is 0 Å². The molecule has 3 amide bonds. The molecule has 2 heterocycles. The number of guanidine groups is 1. The minimum atomic E-state index is -0.929. The Bertz CT molecular complexity index is 944. The standard InChI is InChI=1S/C24H40N10O4/c25-24(26)27-12-4-8-17(15-35)28-22(37)19-9-5-13-34(19)23(38)18(14-20-30-32-33-31-20)29-21(36)11-10-16-6-2-1-3-7-16/h15-19H,1-14H2,(H,28,37)(H,29,36)(H4,25,26,27)(H,30,31,32,33)/t17-,18-,19+/m1/s1. The van der Waals surface area contributed by atoms with E-state index in [0.29, 0.717) is 57.4 Å². The molecule has 2 aliphatic rings. The fourth-order valence-electron chi connectivity index (χ4n) is 5.20. The minimum absolute atomic E-state index is 0.0340. The normalized spacial score (nSPS) is 19.4. The SMILES string of the molecule is NC(N)=NCCC[C@H](C=O)NC(=O)[C@@H]1CCCN1C(=O)[C@@H](Cc1nn[nH]n1)NC(=O)CCC1CCCCC1. The van der Waals surface area contributed by atoms with Crippen LogP contribution in [0.3, 0.4) is 0 Å². The summed E-state index contributed by atoms with van der Waals surface area (Å²) in [5.74, 6) is -0.200. The first-order valence-corrected chi connectivity index (χ1v) is 13.5. The monoisotopic (exact) mass is 532 g/mol. The third kappa shape index (κ3) is 9.06. The molecule has 2 fully saturated rings. The van der Waals surface area contributed by atoms with Gasteiger partial charge in [0.05, 0.1) is 6.04 Å². The Morgan fingerprint density at radius 3 is 2.61 bits per heavy atom. The number of likely N-dealkylation sites (tertiary alicyclic amines) is 1. The highest BCUT2D eigenvalue weighted by Crippen LogP contribution is 2.27. The Hall–Kier alpha value is -3.58. The van der Waals surface area contributed by atoms with Gasteiger partial charge in [0.1, 0.15) is 18.4 Å². The zero-order valence-corrected chi connectivity index (χ0v) is 21.8. The number of H-pyrrole nitrogens is 1. The van der Waals surface area contributed by atoms with E-state index in [1.807, 2.05) is 0 Å². The van der Waals surface area contributed by atoms with E-state index in [2.05, 4.69) is 36.3 Å². The molecular weight excluding hydrogens is 492 g/mol. The molecule has 3 atom stereocenters. The van der Waals surface area contributed by atoms with Crippen molar-refractivity contribution in [2.75, 3.05) is 13.1 Å². The summed E-state index contributed by atoms with van der Waals surface area (Å²) in [6.07, 6.45) is 9.74. The topological polar surface area (TPSA) is 214 Å². The second kappa shape index (κ2) is 15.0. The second-order valence-electron chi connectivity index (χ2n) is 10.1. The van der Waals surface area contributed by atoms with Crippen molar-refractivity contribution in [3.05, 3.63) is 5.82 Å². The Morgan fingerprint density at radius 2 is 1.92 bits per heavy atom. The van der Waals surface area contributed by atoms with Crippen molar-refractivity contribution in [1.82, 2.24) is 36.2 Å². The lowest BCUT2D eigenvalue weighted by molar-refractivity contribution is -0.141. The maximum absolute atomic E-state index is 13.6. The molecule has 1 saturated carbocycles. The number of hydrogen-bond acceptors (Lipinski definition) is 8. The highest BCUT2D eigenvalue weighted by atomic mass is 16.2. The summed E-state index contributed by atoms with van der Waals surface area (Å²) in [6.45, 7) is 0.711. The van der Waals surface area contributed by atoms with Crippen molar-refractivity contribution in [2.45, 2.75) is 95.2 Å². The number of carbonyl (C=O) groups is 4. The molecule has 0 aromatic carbocycles. The van der Waals surface area contributed by atoms with E-state index in [0.717, 1.165) is 19.3 Å². The Labute approximate surface area is 222 Å². The largest absolute Gasteiger partial charge is 0.370 e. The number of carbonyl (C=O) groups excluding carboxylic acids is 4. The number of rotatable bonds is 14. The second-order valence-corrected chi connectivity index (χ2v) is 10.1. The smallest absolute Gasteiger partial charge is 0.246 e. The molecule has 0 radical (unpaired) electrons. The van der Waals surface area contributed by atoms with Crippen LogP contribution in [-0.2, 0) is 25.6 Å². The molecular formula is C24H40N10O4. The summed E-state index contributed by atoms with van der Waals surface area (Å²) in [6, 6.07) is -2.39. The maximum Gasteiger partial charge on any atom is 0.246 e. The van der Waals surface area contributed by atoms with Crippen molar-refractivity contribution in [3.8, 4) is 0 Å². The summed E-state index contributed by atoms with van der Waals surface area (Å²) in [4.78, 5) is 56.3. The van der Waals surface area contributed by atoms with Crippen molar-refractivity contribution >= 4 is 30.0 Å². The molecule has 7 N–H and O–H groups in total. The number of aromatic amines is 1. The first-order chi connectivity index (χ1) is 18.4. The molecule has 0 unspecified atom stereocenters. The average Bonchev–Trinajstić information content (AvgIpc) is 3.61. The quantitative estimate of drug-likeness (QED) is 0.0886. The van der Waals surface area contributed by atoms with E-state index in [1.165, 1.54) is 24.2 Å². The highest BCUT2D eigenvalue weighted by Gasteiger charge is 2.38. The Morgan fingerprint density at radius 1 is 1.13 bits per heavy atom. The number of amides is 3. The molecule has 1 aliphatic heterocycles. The molecule has 0 bridgehead atoms. The predicted molar refractivity (Wildman–Crippen MR) is 138 cm³/mol. The predicted octanol–water partition coefficient (Wildman–Crippen LogP) is -0.684. The molecule has 0 spiro atoms. The first-order valence-electron chi connectivity index (χ1n) is 13.5.